The SMILES string of the molecule is COc1ccc(-c2cnc(N3CCC(NCc4ccc(/C=C/C(=O)NO)cc4C)CC3)c(C#N)c2-c2ccc(C#N)c(F)c2)cc1O.O=CO. The van der Waals surface area contributed by atoms with E-state index in [-0.39, 0.29) is 35.1 Å². The first kappa shape index (κ1) is 36.6. The maximum atomic E-state index is 14.9. The number of piperidine rings is 1. The maximum Gasteiger partial charge on any atom is 0.290 e. The van der Waals surface area contributed by atoms with Crippen molar-refractivity contribution < 1.29 is 34.1 Å². The number of aromatic nitrogens is 1. The molecular formula is C37H35FN6O6. The molecule has 0 spiro atoms. The van der Waals surface area contributed by atoms with Crippen LogP contribution in [0.25, 0.3) is 28.3 Å². The fourth-order valence-corrected chi connectivity index (χ4v) is 5.76. The summed E-state index contributed by atoms with van der Waals surface area (Å²) in [5.41, 5.74) is 6.75. The number of halogens is 1. The first-order valence-electron chi connectivity index (χ1n) is 15.5. The van der Waals surface area contributed by atoms with Crippen LogP contribution in [0.5, 0.6) is 11.5 Å². The molecule has 5 N–H and O–H groups in total. The second kappa shape index (κ2) is 17.2. The number of pyridine rings is 1. The normalized spacial score (nSPS) is 12.7. The number of carboxylic acid groups (broad SMARTS) is 1. The lowest BCUT2D eigenvalue weighted by atomic mass is 9.91. The maximum absolute atomic E-state index is 14.9. The number of anilines is 1. The van der Waals surface area contributed by atoms with Crippen LogP contribution in [0.15, 0.2) is 66.9 Å². The number of hydroxylamine groups is 1. The Bertz CT molecular complexity index is 1980. The Morgan fingerprint density at radius 2 is 1.82 bits per heavy atom. The Morgan fingerprint density at radius 1 is 1.10 bits per heavy atom. The Hall–Kier alpha value is -6.28. The molecule has 12 nitrogen and oxygen atoms in total. The highest BCUT2D eigenvalue weighted by molar-refractivity contribution is 5.91. The number of benzene rings is 3. The molecular weight excluding hydrogens is 643 g/mol. The summed E-state index contributed by atoms with van der Waals surface area (Å²) < 4.78 is 20.0. The van der Waals surface area contributed by atoms with Gasteiger partial charge in [0.2, 0.25) is 0 Å². The van der Waals surface area contributed by atoms with Crippen molar-refractivity contribution >= 4 is 24.3 Å². The number of aryl methyl sites for hydroxylation is 1. The van der Waals surface area contributed by atoms with E-state index in [4.69, 9.17) is 24.8 Å². The first-order valence-corrected chi connectivity index (χ1v) is 15.5. The Kier molecular flexibility index (Phi) is 12.6. The predicted octanol–water partition coefficient (Wildman–Crippen LogP) is 5.30. The van der Waals surface area contributed by atoms with E-state index in [2.05, 4.69) is 16.3 Å². The third-order valence-corrected chi connectivity index (χ3v) is 8.32. The number of methoxy groups -OCH3 is 1. The van der Waals surface area contributed by atoms with Crippen LogP contribution < -0.4 is 20.4 Å². The van der Waals surface area contributed by atoms with Crippen LogP contribution in [0.4, 0.5) is 10.2 Å². The van der Waals surface area contributed by atoms with Crippen molar-refractivity contribution in [2.45, 2.75) is 32.4 Å². The Balaban J connectivity index is 0.00000181. The minimum absolute atomic E-state index is 0.0887. The molecule has 256 valence electrons. The topological polar surface area (TPSA) is 192 Å². The van der Waals surface area contributed by atoms with Crippen molar-refractivity contribution in [3.8, 4) is 45.9 Å². The summed E-state index contributed by atoms with van der Waals surface area (Å²) in [5, 5.41) is 49.4. The highest BCUT2D eigenvalue weighted by Crippen LogP contribution is 2.41. The van der Waals surface area contributed by atoms with Gasteiger partial charge in [-0.2, -0.15) is 10.5 Å². The summed E-state index contributed by atoms with van der Waals surface area (Å²) in [7, 11) is 1.45. The fraction of sp³-hybridized carbons (Fsp3) is 0.216. The number of phenols is 1. The fourth-order valence-electron chi connectivity index (χ4n) is 5.76. The molecule has 0 unspecified atom stereocenters. The third kappa shape index (κ3) is 8.59. The van der Waals surface area contributed by atoms with Crippen molar-refractivity contribution in [3.63, 3.8) is 0 Å². The molecule has 0 atom stereocenters. The molecule has 0 radical (unpaired) electrons. The van der Waals surface area contributed by atoms with Gasteiger partial charge in [-0.25, -0.2) is 14.9 Å². The second-order valence-electron chi connectivity index (χ2n) is 11.3. The van der Waals surface area contributed by atoms with Crippen molar-refractivity contribution in [2.75, 3.05) is 25.1 Å². The highest BCUT2D eigenvalue weighted by Gasteiger charge is 2.26. The monoisotopic (exact) mass is 678 g/mol. The van der Waals surface area contributed by atoms with Crippen LogP contribution in [0, 0.1) is 35.4 Å². The molecule has 4 aromatic rings. The van der Waals surface area contributed by atoms with Crippen LogP contribution in [-0.4, -0.2) is 59.0 Å². The van der Waals surface area contributed by atoms with Gasteiger partial charge in [-0.05, 0) is 77.9 Å². The molecule has 3 aromatic carbocycles. The molecule has 13 heteroatoms. The molecule has 0 saturated carbocycles. The summed E-state index contributed by atoms with van der Waals surface area (Å²) in [5.74, 6) is -0.603. The zero-order valence-electron chi connectivity index (χ0n) is 27.4. The molecule has 1 aromatic heterocycles. The summed E-state index contributed by atoms with van der Waals surface area (Å²) in [6.45, 7) is 3.70. The number of nitriles is 2. The summed E-state index contributed by atoms with van der Waals surface area (Å²) in [6, 6.07) is 19.4. The van der Waals surface area contributed by atoms with E-state index in [0.717, 1.165) is 29.5 Å². The quantitative estimate of drug-likeness (QED) is 0.0668. The standard InChI is InChI=1S/C36H33FN6O4.CH2O2/c1-22-15-23(4-10-34(45)42-46)3-5-27(22)20-40-28-11-13-43(14-12-28)36-29(19-39)35(25-6-7-26(18-38)31(37)16-25)30(21-41-36)24-8-9-33(47-2)32(44)17-24;2-1-3/h3-10,15-17,21,28,40,44,46H,11-14,20H2,1-2H3,(H,42,45);1H,(H,2,3)/b10-4+;. The molecule has 0 aliphatic carbocycles. The predicted molar refractivity (Wildman–Crippen MR) is 184 cm³/mol. The number of aromatic hydroxyl groups is 1. The number of amides is 1. The number of hydrogen-bond donors (Lipinski definition) is 5. The molecule has 0 bridgehead atoms. The van der Waals surface area contributed by atoms with Crippen molar-refractivity contribution in [3.05, 3.63) is 101 Å². The minimum atomic E-state index is -0.696. The van der Waals surface area contributed by atoms with E-state index in [1.54, 1.807) is 36.0 Å². The molecule has 5 rings (SSSR count). The largest absolute Gasteiger partial charge is 0.504 e. The van der Waals surface area contributed by atoms with Gasteiger partial charge in [0.15, 0.2) is 11.5 Å². The number of ether oxygens (including phenoxy) is 1. The summed E-state index contributed by atoms with van der Waals surface area (Å²) in [4.78, 5) is 26.4. The molecule has 1 fully saturated rings. The van der Waals surface area contributed by atoms with E-state index in [9.17, 15) is 24.8 Å². The summed E-state index contributed by atoms with van der Waals surface area (Å²) >= 11 is 0. The average molecular weight is 679 g/mol. The smallest absolute Gasteiger partial charge is 0.290 e. The van der Waals surface area contributed by atoms with E-state index >= 15 is 0 Å². The third-order valence-electron chi connectivity index (χ3n) is 8.32. The average Bonchev–Trinajstić information content (AvgIpc) is 3.13. The lowest BCUT2D eigenvalue weighted by Crippen LogP contribution is -2.43. The number of carbonyl (C=O) groups is 2. The van der Waals surface area contributed by atoms with Crippen LogP contribution in [0.2, 0.25) is 0 Å². The molecule has 2 heterocycles. The van der Waals surface area contributed by atoms with Crippen LogP contribution in [-0.2, 0) is 16.1 Å². The number of rotatable bonds is 9. The van der Waals surface area contributed by atoms with Crippen LogP contribution >= 0.6 is 0 Å². The van der Waals surface area contributed by atoms with Crippen LogP contribution in [0.1, 0.15) is 40.7 Å². The molecule has 1 aliphatic rings. The number of nitrogens with zero attached hydrogens (tertiary/aromatic N) is 4. The summed E-state index contributed by atoms with van der Waals surface area (Å²) in [6.07, 6.45) is 6.13. The van der Waals surface area contributed by atoms with Crippen molar-refractivity contribution in [1.82, 2.24) is 15.8 Å². The van der Waals surface area contributed by atoms with E-state index < -0.39 is 11.7 Å². The molecule has 1 saturated heterocycles. The molecule has 50 heavy (non-hydrogen) atoms. The van der Waals surface area contributed by atoms with E-state index in [1.807, 2.05) is 31.2 Å². The number of phenolic OH excluding ortho intramolecular Hbond substituents is 1. The van der Waals surface area contributed by atoms with Gasteiger partial charge in [-0.15, -0.1) is 0 Å². The van der Waals surface area contributed by atoms with Gasteiger partial charge in [0.05, 0.1) is 12.7 Å². The Labute approximate surface area is 288 Å². The molecule has 1 amide bonds. The van der Waals surface area contributed by atoms with E-state index in [1.165, 1.54) is 31.4 Å². The van der Waals surface area contributed by atoms with E-state index in [0.29, 0.717) is 47.7 Å². The number of carbonyl (C=O) groups excluding carboxylic acids is 1. The zero-order valence-corrected chi connectivity index (χ0v) is 27.4. The van der Waals surface area contributed by atoms with Gasteiger partial charge in [-0.3, -0.25) is 14.8 Å². The van der Waals surface area contributed by atoms with Gasteiger partial charge in [-0.1, -0.05) is 30.3 Å². The van der Waals surface area contributed by atoms with Crippen molar-refractivity contribution in [1.29, 1.82) is 10.5 Å². The van der Waals surface area contributed by atoms with Gasteiger partial charge in [0, 0.05) is 49.1 Å². The van der Waals surface area contributed by atoms with Gasteiger partial charge < -0.3 is 25.2 Å². The Morgan fingerprint density at radius 3 is 2.42 bits per heavy atom. The lowest BCUT2D eigenvalue weighted by Gasteiger charge is -2.34. The zero-order chi connectivity index (χ0) is 36.2. The second-order valence-corrected chi connectivity index (χ2v) is 11.3. The minimum Gasteiger partial charge on any atom is -0.504 e. The number of hydrogen-bond acceptors (Lipinski definition) is 10. The van der Waals surface area contributed by atoms with Gasteiger partial charge in [0.25, 0.3) is 12.4 Å². The van der Waals surface area contributed by atoms with Crippen LogP contribution in [0.3, 0.4) is 0 Å². The molecule has 1 aliphatic heterocycles. The lowest BCUT2D eigenvalue weighted by molar-refractivity contribution is -0.124. The highest BCUT2D eigenvalue weighted by atomic mass is 19.1. The number of nitrogens with one attached hydrogen (secondary N) is 2. The van der Waals surface area contributed by atoms with Gasteiger partial charge >= 0.3 is 0 Å². The first-order chi connectivity index (χ1) is 24.2. The van der Waals surface area contributed by atoms with Gasteiger partial charge in [0.1, 0.15) is 29.3 Å². The van der Waals surface area contributed by atoms with Crippen molar-refractivity contribution in [2.24, 2.45) is 0 Å².